The summed E-state index contributed by atoms with van der Waals surface area (Å²) >= 11 is 0. The van der Waals surface area contributed by atoms with Crippen molar-refractivity contribution in [2.75, 3.05) is 0 Å². The Kier molecular flexibility index (Phi) is 3.91. The second kappa shape index (κ2) is 6.21. The highest BCUT2D eigenvalue weighted by Gasteiger charge is 2.17. The zero-order chi connectivity index (χ0) is 16.5. The molecule has 3 aromatic carbocycles. The van der Waals surface area contributed by atoms with E-state index in [9.17, 15) is 0 Å². The molecule has 119 valence electrons. The van der Waals surface area contributed by atoms with Crippen LogP contribution in [0, 0.1) is 0 Å². The Bertz CT molecular complexity index is 1020. The SMILES string of the molecule is CCCCc1cccc2cc(O[B]O)c3oc4ccccc4c3c12. The molecule has 4 rings (SSSR count). The third-order valence-corrected chi connectivity index (χ3v) is 4.52. The molecule has 0 aliphatic carbocycles. The van der Waals surface area contributed by atoms with E-state index < -0.39 is 0 Å². The van der Waals surface area contributed by atoms with Crippen LogP contribution in [0.1, 0.15) is 25.3 Å². The topological polar surface area (TPSA) is 42.6 Å². The van der Waals surface area contributed by atoms with Gasteiger partial charge < -0.3 is 14.1 Å². The third-order valence-electron chi connectivity index (χ3n) is 4.52. The van der Waals surface area contributed by atoms with Crippen molar-refractivity contribution in [1.29, 1.82) is 0 Å². The van der Waals surface area contributed by atoms with E-state index in [-0.39, 0.29) is 0 Å². The van der Waals surface area contributed by atoms with E-state index in [1.54, 1.807) is 0 Å². The van der Waals surface area contributed by atoms with Gasteiger partial charge in [0.1, 0.15) is 11.3 Å². The Morgan fingerprint density at radius 2 is 1.96 bits per heavy atom. The number of furan rings is 1. The highest BCUT2D eigenvalue weighted by molar-refractivity contribution is 6.23. The Morgan fingerprint density at radius 3 is 2.79 bits per heavy atom. The smallest absolute Gasteiger partial charge is 0.535 e. The van der Waals surface area contributed by atoms with Gasteiger partial charge in [-0.15, -0.1) is 0 Å². The van der Waals surface area contributed by atoms with Gasteiger partial charge in [-0.2, -0.15) is 0 Å². The Balaban J connectivity index is 2.15. The first-order valence-corrected chi connectivity index (χ1v) is 8.32. The fourth-order valence-corrected chi connectivity index (χ4v) is 3.44. The van der Waals surface area contributed by atoms with Crippen molar-refractivity contribution >= 4 is 40.4 Å². The molecule has 0 saturated carbocycles. The van der Waals surface area contributed by atoms with Crippen molar-refractivity contribution in [2.45, 2.75) is 26.2 Å². The molecule has 0 aliphatic heterocycles. The largest absolute Gasteiger partial charge is 0.569 e. The lowest BCUT2D eigenvalue weighted by atomic mass is 9.95. The lowest BCUT2D eigenvalue weighted by molar-refractivity contribution is 0.451. The Hall–Kier alpha value is -2.46. The van der Waals surface area contributed by atoms with Gasteiger partial charge in [0.25, 0.3) is 0 Å². The monoisotopic (exact) mass is 317 g/mol. The fourth-order valence-electron chi connectivity index (χ4n) is 3.44. The van der Waals surface area contributed by atoms with E-state index in [1.165, 1.54) is 10.9 Å². The molecule has 1 N–H and O–H groups in total. The van der Waals surface area contributed by atoms with E-state index >= 15 is 0 Å². The number of rotatable bonds is 5. The van der Waals surface area contributed by atoms with Crippen LogP contribution in [0.2, 0.25) is 0 Å². The number of benzene rings is 3. The molecule has 1 aromatic heterocycles. The van der Waals surface area contributed by atoms with Gasteiger partial charge in [-0.1, -0.05) is 49.7 Å². The molecule has 1 radical (unpaired) electrons. The number of unbranched alkanes of at least 4 members (excludes halogenated alkanes) is 1. The number of hydrogen-bond donors (Lipinski definition) is 1. The third kappa shape index (κ3) is 2.34. The molecular formula is C20H18BO3. The minimum atomic E-state index is 0.531. The molecular weight excluding hydrogens is 299 g/mol. The van der Waals surface area contributed by atoms with Crippen LogP contribution in [0.25, 0.3) is 32.7 Å². The van der Waals surface area contributed by atoms with E-state index in [0.717, 1.165) is 41.0 Å². The van der Waals surface area contributed by atoms with Crippen LogP contribution in [0.3, 0.4) is 0 Å². The van der Waals surface area contributed by atoms with Gasteiger partial charge in [-0.3, -0.25) is 0 Å². The summed E-state index contributed by atoms with van der Waals surface area (Å²) in [5.41, 5.74) is 2.83. The maximum absolute atomic E-state index is 9.11. The van der Waals surface area contributed by atoms with Crippen LogP contribution in [-0.2, 0) is 6.42 Å². The maximum Gasteiger partial charge on any atom is 0.569 e. The van der Waals surface area contributed by atoms with E-state index in [2.05, 4.69) is 31.2 Å². The van der Waals surface area contributed by atoms with E-state index in [0.29, 0.717) is 19.0 Å². The molecule has 0 atom stereocenters. The van der Waals surface area contributed by atoms with Gasteiger partial charge in [0, 0.05) is 10.8 Å². The maximum atomic E-state index is 9.11. The van der Waals surface area contributed by atoms with Gasteiger partial charge in [0.15, 0.2) is 5.58 Å². The number of para-hydroxylation sites is 1. The normalized spacial score (nSPS) is 11.4. The van der Waals surface area contributed by atoms with E-state index in [1.807, 2.05) is 24.3 Å². The Morgan fingerprint density at radius 1 is 1.08 bits per heavy atom. The predicted octanol–water partition coefficient (Wildman–Crippen LogP) is 4.99. The van der Waals surface area contributed by atoms with Crippen LogP contribution in [0.15, 0.2) is 52.9 Å². The molecule has 3 nitrogen and oxygen atoms in total. The summed E-state index contributed by atoms with van der Waals surface area (Å²) in [6.07, 6.45) is 3.35. The highest BCUT2D eigenvalue weighted by Crippen LogP contribution is 2.41. The zero-order valence-electron chi connectivity index (χ0n) is 13.6. The number of hydrogen-bond acceptors (Lipinski definition) is 3. The minimum Gasteiger partial charge on any atom is -0.535 e. The second-order valence-corrected chi connectivity index (χ2v) is 6.02. The molecule has 4 aromatic rings. The summed E-state index contributed by atoms with van der Waals surface area (Å²) in [5.74, 6) is 0.531. The van der Waals surface area contributed by atoms with Gasteiger partial charge in [-0.05, 0) is 41.3 Å². The van der Waals surface area contributed by atoms with Crippen molar-refractivity contribution < 1.29 is 14.1 Å². The van der Waals surface area contributed by atoms with E-state index in [4.69, 9.17) is 14.1 Å². The number of aryl methyl sites for hydroxylation is 1. The predicted molar refractivity (Wildman–Crippen MR) is 98.4 cm³/mol. The highest BCUT2D eigenvalue weighted by atomic mass is 16.5. The van der Waals surface area contributed by atoms with Crippen molar-refractivity contribution in [3.8, 4) is 5.75 Å². The lowest BCUT2D eigenvalue weighted by Gasteiger charge is -2.10. The average Bonchev–Trinajstić information content (AvgIpc) is 3.00. The van der Waals surface area contributed by atoms with Crippen LogP contribution in [0.4, 0.5) is 0 Å². The van der Waals surface area contributed by atoms with Crippen molar-refractivity contribution in [3.05, 3.63) is 54.1 Å². The second-order valence-electron chi connectivity index (χ2n) is 6.02. The molecule has 0 spiro atoms. The molecule has 0 saturated heterocycles. The van der Waals surface area contributed by atoms with Crippen LogP contribution in [-0.4, -0.2) is 12.7 Å². The van der Waals surface area contributed by atoms with Crippen LogP contribution < -0.4 is 4.65 Å². The first-order valence-electron chi connectivity index (χ1n) is 8.32. The summed E-state index contributed by atoms with van der Waals surface area (Å²) in [4.78, 5) is 0. The molecule has 0 amide bonds. The quantitative estimate of drug-likeness (QED) is 0.527. The van der Waals surface area contributed by atoms with Crippen molar-refractivity contribution in [3.63, 3.8) is 0 Å². The Labute approximate surface area is 141 Å². The van der Waals surface area contributed by atoms with Crippen LogP contribution in [0.5, 0.6) is 5.75 Å². The molecule has 24 heavy (non-hydrogen) atoms. The van der Waals surface area contributed by atoms with Gasteiger partial charge in [0.05, 0.1) is 0 Å². The fraction of sp³-hybridized carbons (Fsp3) is 0.200. The van der Waals surface area contributed by atoms with Gasteiger partial charge in [0.2, 0.25) is 0 Å². The first kappa shape index (κ1) is 15.1. The summed E-state index contributed by atoms with van der Waals surface area (Å²) < 4.78 is 11.4. The molecule has 1 heterocycles. The summed E-state index contributed by atoms with van der Waals surface area (Å²) in [6, 6.07) is 16.3. The first-order chi connectivity index (χ1) is 11.8. The summed E-state index contributed by atoms with van der Waals surface area (Å²) in [6.45, 7) is 2.21. The lowest BCUT2D eigenvalue weighted by Crippen LogP contribution is -2.00. The molecule has 0 unspecified atom stereocenters. The molecule has 0 fully saturated rings. The van der Waals surface area contributed by atoms with Gasteiger partial charge >= 0.3 is 7.69 Å². The molecule has 4 heteroatoms. The van der Waals surface area contributed by atoms with Crippen molar-refractivity contribution in [2.24, 2.45) is 0 Å². The van der Waals surface area contributed by atoms with Crippen LogP contribution >= 0.6 is 0 Å². The van der Waals surface area contributed by atoms with Crippen molar-refractivity contribution in [1.82, 2.24) is 0 Å². The summed E-state index contributed by atoms with van der Waals surface area (Å²) in [5, 5.41) is 13.6. The molecule has 0 aliphatic rings. The average molecular weight is 317 g/mol. The summed E-state index contributed by atoms with van der Waals surface area (Å²) in [7, 11) is 0.703. The minimum absolute atomic E-state index is 0.531. The van der Waals surface area contributed by atoms with Gasteiger partial charge in [-0.25, -0.2) is 0 Å². The number of fused-ring (bicyclic) bond motifs is 5. The molecule has 0 bridgehead atoms. The zero-order valence-corrected chi connectivity index (χ0v) is 13.6. The standard InChI is InChI=1S/C20H18BO3/c1-2-3-7-13-8-6-9-14-12-17(24-21-22)20-19(18(13)14)15-10-4-5-11-16(15)23-20/h4-6,8-12,22H,2-3,7H2,1H3.